The van der Waals surface area contributed by atoms with Crippen molar-refractivity contribution in [2.45, 2.75) is 0 Å². The molecular formula is C19H15N3O3. The number of fused-ring (bicyclic) bond motifs is 1. The molecule has 2 heterocycles. The van der Waals surface area contributed by atoms with E-state index in [0.29, 0.717) is 23.8 Å². The molecule has 1 aliphatic heterocycles. The number of aromatic carboxylic acids is 1. The molecule has 3 aromatic rings. The van der Waals surface area contributed by atoms with E-state index in [4.69, 9.17) is 10.2 Å². The monoisotopic (exact) mass is 333 g/mol. The first kappa shape index (κ1) is 15.0. The molecule has 0 saturated carbocycles. The Labute approximate surface area is 143 Å². The normalized spacial score (nSPS) is 12.5. The van der Waals surface area contributed by atoms with Crippen LogP contribution in [0.4, 0.5) is 11.4 Å². The van der Waals surface area contributed by atoms with Crippen molar-refractivity contribution in [3.05, 3.63) is 60.0 Å². The zero-order valence-electron chi connectivity index (χ0n) is 13.2. The zero-order valence-corrected chi connectivity index (χ0v) is 13.2. The number of carbonyl (C=O) groups is 1. The molecule has 0 radical (unpaired) electrons. The van der Waals surface area contributed by atoms with Crippen LogP contribution in [0.1, 0.15) is 15.9 Å². The van der Waals surface area contributed by atoms with Gasteiger partial charge in [-0.05, 0) is 29.8 Å². The second-order valence-electron chi connectivity index (χ2n) is 5.68. The highest BCUT2D eigenvalue weighted by molar-refractivity contribution is 6.01. The Hall–Kier alpha value is -3.54. The first-order valence-corrected chi connectivity index (χ1v) is 7.75. The van der Waals surface area contributed by atoms with Gasteiger partial charge < -0.3 is 20.6 Å². The van der Waals surface area contributed by atoms with E-state index in [1.165, 1.54) is 6.26 Å². The van der Waals surface area contributed by atoms with Gasteiger partial charge in [0.1, 0.15) is 6.26 Å². The number of nitrogens with two attached hydrogens (primary N) is 1. The molecule has 25 heavy (non-hydrogen) atoms. The van der Waals surface area contributed by atoms with Crippen molar-refractivity contribution >= 4 is 23.4 Å². The van der Waals surface area contributed by atoms with Gasteiger partial charge in [0.05, 0.1) is 17.4 Å². The third-order valence-corrected chi connectivity index (χ3v) is 4.18. The Kier molecular flexibility index (Phi) is 3.50. The molecule has 2 aromatic carbocycles. The molecule has 0 spiro atoms. The number of nitrogen functional groups attached to an aromatic ring is 1. The Morgan fingerprint density at radius 3 is 2.88 bits per heavy atom. The van der Waals surface area contributed by atoms with Crippen LogP contribution >= 0.6 is 0 Å². The Morgan fingerprint density at radius 1 is 1.24 bits per heavy atom. The van der Waals surface area contributed by atoms with Gasteiger partial charge in [-0.1, -0.05) is 18.2 Å². The summed E-state index contributed by atoms with van der Waals surface area (Å²) in [6.45, 7) is 0.586. The molecule has 0 aliphatic carbocycles. The molecule has 6 nitrogen and oxygen atoms in total. The highest BCUT2D eigenvalue weighted by Crippen LogP contribution is 2.38. The number of hydrogen-bond acceptors (Lipinski definition) is 5. The van der Waals surface area contributed by atoms with E-state index in [2.05, 4.69) is 10.3 Å². The van der Waals surface area contributed by atoms with Gasteiger partial charge in [0.15, 0.2) is 0 Å². The number of rotatable bonds is 3. The Balaban J connectivity index is 1.93. The van der Waals surface area contributed by atoms with Crippen LogP contribution in [0.25, 0.3) is 28.7 Å². The van der Waals surface area contributed by atoms with E-state index in [0.717, 1.165) is 22.3 Å². The molecule has 4 N–H and O–H groups in total. The van der Waals surface area contributed by atoms with Gasteiger partial charge >= 0.3 is 5.97 Å². The van der Waals surface area contributed by atoms with Gasteiger partial charge in [0.2, 0.25) is 5.89 Å². The number of benzene rings is 2. The summed E-state index contributed by atoms with van der Waals surface area (Å²) in [6.07, 6.45) is 6.97. The minimum absolute atomic E-state index is 0.241. The molecule has 0 fully saturated rings. The summed E-state index contributed by atoms with van der Waals surface area (Å²) in [5.41, 5.74) is 10.9. The number of nitrogens with one attached hydrogen (secondary N) is 1. The lowest BCUT2D eigenvalue weighted by molar-refractivity contribution is 0.0698. The van der Waals surface area contributed by atoms with E-state index in [1.54, 1.807) is 24.4 Å². The minimum Gasteiger partial charge on any atom is -0.478 e. The lowest BCUT2D eigenvalue weighted by atomic mass is 9.91. The van der Waals surface area contributed by atoms with Crippen LogP contribution in [0.2, 0.25) is 0 Å². The summed E-state index contributed by atoms with van der Waals surface area (Å²) in [5, 5.41) is 12.6. The van der Waals surface area contributed by atoms with E-state index >= 15 is 0 Å². The zero-order chi connectivity index (χ0) is 17.4. The van der Waals surface area contributed by atoms with Crippen molar-refractivity contribution in [2.75, 3.05) is 17.6 Å². The fraction of sp³-hybridized carbons (Fsp3) is 0.0526. The van der Waals surface area contributed by atoms with Crippen LogP contribution in [0.3, 0.4) is 0 Å². The summed E-state index contributed by atoms with van der Waals surface area (Å²) in [7, 11) is 0. The van der Waals surface area contributed by atoms with Crippen molar-refractivity contribution in [1.82, 2.24) is 4.98 Å². The average molecular weight is 333 g/mol. The highest BCUT2D eigenvalue weighted by Gasteiger charge is 2.20. The molecule has 124 valence electrons. The SMILES string of the molecule is Nc1ccc(-c2ncco2)cc1-c1ccc(C(=O)O)c2c1C=CCN2. The molecular weight excluding hydrogens is 318 g/mol. The summed E-state index contributed by atoms with van der Waals surface area (Å²) in [4.78, 5) is 15.7. The van der Waals surface area contributed by atoms with Gasteiger partial charge in [-0.25, -0.2) is 9.78 Å². The standard InChI is InChI=1S/C19H15N3O3/c20-16-6-3-11(18-22-8-9-25-18)10-15(16)12-4-5-14(19(23)24)17-13(12)2-1-7-21-17/h1-6,8-10,21H,7,20H2,(H,23,24). The quantitative estimate of drug-likeness (QED) is 0.631. The number of aromatic nitrogens is 1. The Bertz CT molecular complexity index is 991. The predicted molar refractivity (Wildman–Crippen MR) is 96.3 cm³/mol. The summed E-state index contributed by atoms with van der Waals surface area (Å²) in [6, 6.07) is 8.92. The third-order valence-electron chi connectivity index (χ3n) is 4.18. The largest absolute Gasteiger partial charge is 0.478 e. The second-order valence-corrected chi connectivity index (χ2v) is 5.68. The lowest BCUT2D eigenvalue weighted by Crippen LogP contribution is -2.11. The maximum Gasteiger partial charge on any atom is 0.337 e. The van der Waals surface area contributed by atoms with Crippen molar-refractivity contribution in [3.63, 3.8) is 0 Å². The maximum absolute atomic E-state index is 11.5. The number of carboxylic acids is 1. The van der Waals surface area contributed by atoms with Crippen LogP contribution in [0.15, 0.2) is 53.3 Å². The van der Waals surface area contributed by atoms with E-state index in [-0.39, 0.29) is 5.56 Å². The first-order chi connectivity index (χ1) is 12.1. The Morgan fingerprint density at radius 2 is 2.12 bits per heavy atom. The van der Waals surface area contributed by atoms with E-state index in [1.807, 2.05) is 24.3 Å². The molecule has 0 amide bonds. The van der Waals surface area contributed by atoms with Gasteiger partial charge in [-0.15, -0.1) is 0 Å². The maximum atomic E-state index is 11.5. The topological polar surface area (TPSA) is 101 Å². The van der Waals surface area contributed by atoms with Gasteiger partial charge in [-0.2, -0.15) is 0 Å². The first-order valence-electron chi connectivity index (χ1n) is 7.75. The number of nitrogens with zero attached hydrogens (tertiary/aromatic N) is 1. The molecule has 6 heteroatoms. The van der Waals surface area contributed by atoms with Crippen LogP contribution in [-0.4, -0.2) is 22.6 Å². The lowest BCUT2D eigenvalue weighted by Gasteiger charge is -2.20. The van der Waals surface area contributed by atoms with Crippen LogP contribution < -0.4 is 11.1 Å². The molecule has 1 aromatic heterocycles. The fourth-order valence-electron chi connectivity index (χ4n) is 3.02. The number of anilines is 2. The van der Waals surface area contributed by atoms with E-state index < -0.39 is 5.97 Å². The molecule has 1 aliphatic rings. The van der Waals surface area contributed by atoms with Crippen LogP contribution in [0.5, 0.6) is 0 Å². The number of carboxylic acid groups (broad SMARTS) is 1. The summed E-state index contributed by atoms with van der Waals surface area (Å²) in [5.74, 6) is -0.460. The van der Waals surface area contributed by atoms with Gasteiger partial charge in [0.25, 0.3) is 0 Å². The van der Waals surface area contributed by atoms with Crippen molar-refractivity contribution < 1.29 is 14.3 Å². The van der Waals surface area contributed by atoms with Crippen molar-refractivity contribution in [2.24, 2.45) is 0 Å². The van der Waals surface area contributed by atoms with Crippen LogP contribution in [-0.2, 0) is 0 Å². The van der Waals surface area contributed by atoms with Crippen LogP contribution in [0, 0.1) is 0 Å². The number of oxazole rings is 1. The smallest absolute Gasteiger partial charge is 0.337 e. The second kappa shape index (κ2) is 5.83. The fourth-order valence-corrected chi connectivity index (χ4v) is 3.02. The summed E-state index contributed by atoms with van der Waals surface area (Å²) >= 11 is 0. The molecule has 0 unspecified atom stereocenters. The van der Waals surface area contributed by atoms with Crippen molar-refractivity contribution in [1.29, 1.82) is 0 Å². The predicted octanol–water partition coefficient (Wildman–Crippen LogP) is 3.73. The number of hydrogen-bond donors (Lipinski definition) is 3. The minimum atomic E-state index is -0.966. The summed E-state index contributed by atoms with van der Waals surface area (Å²) < 4.78 is 5.36. The third kappa shape index (κ3) is 2.53. The molecule has 0 saturated heterocycles. The van der Waals surface area contributed by atoms with Crippen molar-refractivity contribution in [3.8, 4) is 22.6 Å². The molecule has 0 bridgehead atoms. The average Bonchev–Trinajstić information content (AvgIpc) is 3.16. The van der Waals surface area contributed by atoms with Gasteiger partial charge in [-0.3, -0.25) is 0 Å². The molecule has 0 atom stereocenters. The van der Waals surface area contributed by atoms with E-state index in [9.17, 15) is 9.90 Å². The molecule has 4 rings (SSSR count). The highest BCUT2D eigenvalue weighted by atomic mass is 16.4. The van der Waals surface area contributed by atoms with Gasteiger partial charge in [0, 0.05) is 28.9 Å².